The van der Waals surface area contributed by atoms with Crippen LogP contribution >= 0.6 is 34.2 Å². The highest BCUT2D eigenvalue weighted by atomic mass is 127. The zero-order valence-corrected chi connectivity index (χ0v) is 15.9. The Kier molecular flexibility index (Phi) is 7.41. The minimum Gasteiger partial charge on any atom is -0.496 e. The third-order valence-corrected chi connectivity index (χ3v) is 4.76. The van der Waals surface area contributed by atoms with Crippen molar-refractivity contribution >= 4 is 46.1 Å². The smallest absolute Gasteiger partial charge is 0.310 e. The number of hydrogen-bond acceptors (Lipinski definition) is 4. The SMILES string of the molecule is CCN(CC(C)C(=O)OC)C(=O)c1cc(Cl)c(I)cc1OC. The van der Waals surface area contributed by atoms with Crippen LogP contribution in [0.5, 0.6) is 5.75 Å². The Morgan fingerprint density at radius 3 is 2.50 bits per heavy atom. The maximum absolute atomic E-state index is 12.7. The van der Waals surface area contributed by atoms with Crippen molar-refractivity contribution in [2.24, 2.45) is 5.92 Å². The lowest BCUT2D eigenvalue weighted by Crippen LogP contribution is -2.37. The highest BCUT2D eigenvalue weighted by molar-refractivity contribution is 14.1. The van der Waals surface area contributed by atoms with Crippen molar-refractivity contribution < 1.29 is 19.1 Å². The number of halogens is 2. The molecule has 1 amide bonds. The molecule has 0 aliphatic heterocycles. The van der Waals surface area contributed by atoms with Gasteiger partial charge in [-0.3, -0.25) is 9.59 Å². The molecule has 0 aliphatic carbocycles. The van der Waals surface area contributed by atoms with Crippen molar-refractivity contribution in [3.8, 4) is 5.75 Å². The van der Waals surface area contributed by atoms with Crippen LogP contribution in [0.3, 0.4) is 0 Å². The van der Waals surface area contributed by atoms with Crippen molar-refractivity contribution in [2.45, 2.75) is 13.8 Å². The molecule has 0 bridgehead atoms. The van der Waals surface area contributed by atoms with Crippen molar-refractivity contribution in [3.05, 3.63) is 26.3 Å². The summed E-state index contributed by atoms with van der Waals surface area (Å²) in [5.41, 5.74) is 0.381. The normalized spacial score (nSPS) is 11.7. The summed E-state index contributed by atoms with van der Waals surface area (Å²) in [6.07, 6.45) is 0. The molecule has 1 rings (SSSR count). The second kappa shape index (κ2) is 8.57. The molecule has 0 heterocycles. The Balaban J connectivity index is 3.06. The lowest BCUT2D eigenvalue weighted by Gasteiger charge is -2.24. The summed E-state index contributed by atoms with van der Waals surface area (Å²) < 4.78 is 10.8. The first-order valence-electron chi connectivity index (χ1n) is 6.75. The van der Waals surface area contributed by atoms with Gasteiger partial charge < -0.3 is 14.4 Å². The maximum Gasteiger partial charge on any atom is 0.310 e. The summed E-state index contributed by atoms with van der Waals surface area (Å²) >= 11 is 8.18. The number of esters is 1. The minimum atomic E-state index is -0.404. The fraction of sp³-hybridized carbons (Fsp3) is 0.467. The quantitative estimate of drug-likeness (QED) is 0.504. The van der Waals surface area contributed by atoms with E-state index in [2.05, 4.69) is 22.6 Å². The molecule has 0 saturated heterocycles. The molecular formula is C15H19ClINO4. The number of carbonyl (C=O) groups is 2. The average Bonchev–Trinajstić information content (AvgIpc) is 2.52. The molecular weight excluding hydrogens is 421 g/mol. The van der Waals surface area contributed by atoms with Crippen LogP contribution in [0.1, 0.15) is 24.2 Å². The molecule has 0 aromatic heterocycles. The Morgan fingerprint density at radius 2 is 2.00 bits per heavy atom. The maximum atomic E-state index is 12.7. The second-order valence-corrected chi connectivity index (χ2v) is 6.30. The van der Waals surface area contributed by atoms with E-state index in [4.69, 9.17) is 21.1 Å². The van der Waals surface area contributed by atoms with E-state index in [-0.39, 0.29) is 18.4 Å². The molecule has 5 nitrogen and oxygen atoms in total. The summed E-state index contributed by atoms with van der Waals surface area (Å²) in [5.74, 6) is -0.519. The molecule has 0 saturated carbocycles. The van der Waals surface area contributed by atoms with E-state index in [9.17, 15) is 9.59 Å². The first-order valence-corrected chi connectivity index (χ1v) is 8.21. The Morgan fingerprint density at radius 1 is 1.36 bits per heavy atom. The van der Waals surface area contributed by atoms with Gasteiger partial charge in [0.25, 0.3) is 5.91 Å². The predicted octanol–water partition coefficient (Wildman–Crippen LogP) is 3.22. The molecule has 7 heteroatoms. The number of rotatable bonds is 6. The van der Waals surface area contributed by atoms with E-state index in [1.54, 1.807) is 24.0 Å². The molecule has 0 radical (unpaired) electrons. The summed E-state index contributed by atoms with van der Waals surface area (Å²) in [7, 11) is 2.84. The van der Waals surface area contributed by atoms with Gasteiger partial charge >= 0.3 is 5.97 Å². The zero-order chi connectivity index (χ0) is 16.9. The van der Waals surface area contributed by atoms with Crippen LogP contribution in [-0.2, 0) is 9.53 Å². The van der Waals surface area contributed by atoms with Gasteiger partial charge in [-0.25, -0.2) is 0 Å². The first kappa shape index (κ1) is 19.0. The van der Waals surface area contributed by atoms with Crippen LogP contribution in [0, 0.1) is 9.49 Å². The van der Waals surface area contributed by atoms with E-state index in [1.165, 1.54) is 14.2 Å². The third kappa shape index (κ3) is 4.49. The molecule has 1 atom stereocenters. The summed E-state index contributed by atoms with van der Waals surface area (Å²) in [4.78, 5) is 25.8. The molecule has 0 spiro atoms. The van der Waals surface area contributed by atoms with E-state index in [1.807, 2.05) is 6.92 Å². The van der Waals surface area contributed by atoms with E-state index in [0.29, 0.717) is 22.9 Å². The van der Waals surface area contributed by atoms with Gasteiger partial charge in [-0.15, -0.1) is 0 Å². The number of amides is 1. The second-order valence-electron chi connectivity index (χ2n) is 4.73. The number of ether oxygens (including phenoxy) is 2. The molecule has 1 aromatic carbocycles. The van der Waals surface area contributed by atoms with E-state index in [0.717, 1.165) is 3.57 Å². The number of carbonyl (C=O) groups excluding carboxylic acids is 2. The van der Waals surface area contributed by atoms with Crippen molar-refractivity contribution in [1.29, 1.82) is 0 Å². The van der Waals surface area contributed by atoms with Gasteiger partial charge in [-0.1, -0.05) is 18.5 Å². The fourth-order valence-corrected chi connectivity index (χ4v) is 2.60. The fourth-order valence-electron chi connectivity index (χ4n) is 2.00. The van der Waals surface area contributed by atoms with Crippen LogP contribution in [-0.4, -0.2) is 44.1 Å². The monoisotopic (exact) mass is 439 g/mol. The topological polar surface area (TPSA) is 55.8 Å². The molecule has 1 aromatic rings. The van der Waals surface area contributed by atoms with Crippen LogP contribution in [0.15, 0.2) is 12.1 Å². The number of benzene rings is 1. The standard InChI is InChI=1S/C15H19ClINO4/c1-5-18(8-9(2)15(20)22-4)14(19)10-6-11(16)12(17)7-13(10)21-3/h6-7,9H,5,8H2,1-4H3. The Labute approximate surface area is 149 Å². The predicted molar refractivity (Wildman–Crippen MR) is 93.5 cm³/mol. The number of methoxy groups -OCH3 is 2. The summed E-state index contributed by atoms with van der Waals surface area (Å²) in [6, 6.07) is 3.31. The van der Waals surface area contributed by atoms with Crippen LogP contribution in [0.4, 0.5) is 0 Å². The average molecular weight is 440 g/mol. The van der Waals surface area contributed by atoms with Gasteiger partial charge in [0.1, 0.15) is 5.75 Å². The van der Waals surface area contributed by atoms with Crippen molar-refractivity contribution in [2.75, 3.05) is 27.3 Å². The van der Waals surface area contributed by atoms with Crippen LogP contribution in [0.2, 0.25) is 5.02 Å². The summed E-state index contributed by atoms with van der Waals surface area (Å²) in [6.45, 7) is 4.31. The molecule has 22 heavy (non-hydrogen) atoms. The molecule has 0 aliphatic rings. The van der Waals surface area contributed by atoms with Gasteiger partial charge in [-0.2, -0.15) is 0 Å². The third-order valence-electron chi connectivity index (χ3n) is 3.24. The van der Waals surface area contributed by atoms with Crippen LogP contribution in [0.25, 0.3) is 0 Å². The van der Waals surface area contributed by atoms with Crippen LogP contribution < -0.4 is 4.74 Å². The molecule has 122 valence electrons. The number of hydrogen-bond donors (Lipinski definition) is 0. The highest BCUT2D eigenvalue weighted by Gasteiger charge is 2.24. The minimum absolute atomic E-state index is 0.228. The molecule has 0 fully saturated rings. The number of nitrogens with zero attached hydrogens (tertiary/aromatic N) is 1. The molecule has 0 N–H and O–H groups in total. The summed E-state index contributed by atoms with van der Waals surface area (Å²) in [5, 5.41) is 0.488. The van der Waals surface area contributed by atoms with Crippen molar-refractivity contribution in [1.82, 2.24) is 4.90 Å². The van der Waals surface area contributed by atoms with Gasteiger partial charge in [0.05, 0.1) is 30.7 Å². The van der Waals surface area contributed by atoms with E-state index < -0.39 is 5.92 Å². The van der Waals surface area contributed by atoms with Gasteiger partial charge in [0.2, 0.25) is 0 Å². The van der Waals surface area contributed by atoms with Gasteiger partial charge in [-0.05, 0) is 41.6 Å². The van der Waals surface area contributed by atoms with E-state index >= 15 is 0 Å². The van der Waals surface area contributed by atoms with Gasteiger partial charge in [0, 0.05) is 16.7 Å². The van der Waals surface area contributed by atoms with Gasteiger partial charge in [0.15, 0.2) is 0 Å². The lowest BCUT2D eigenvalue weighted by molar-refractivity contribution is -0.145. The largest absolute Gasteiger partial charge is 0.496 e. The Bertz CT molecular complexity index is 565. The molecule has 1 unspecified atom stereocenters. The highest BCUT2D eigenvalue weighted by Crippen LogP contribution is 2.29. The van der Waals surface area contributed by atoms with Crippen molar-refractivity contribution in [3.63, 3.8) is 0 Å². The zero-order valence-electron chi connectivity index (χ0n) is 13.0. The lowest BCUT2D eigenvalue weighted by atomic mass is 10.1. The first-order chi connectivity index (χ1) is 10.3. The Hall–Kier alpha value is -1.02.